The molecule has 0 aliphatic carbocycles. The summed E-state index contributed by atoms with van der Waals surface area (Å²) in [6.45, 7) is 0. The van der Waals surface area contributed by atoms with Gasteiger partial charge in [-0.25, -0.2) is 5.48 Å². The maximum Gasteiger partial charge on any atom is 0.211 e. The first-order chi connectivity index (χ1) is 6.72. The molecule has 0 spiro atoms. The number of halogens is 1. The second kappa shape index (κ2) is 5.54. The van der Waals surface area contributed by atoms with Gasteiger partial charge in [-0.05, 0) is 29.9 Å². The molecule has 14 heavy (non-hydrogen) atoms. The van der Waals surface area contributed by atoms with E-state index in [2.05, 4.69) is 22.7 Å². The number of nitrogens with one attached hydrogen (secondary N) is 2. The van der Waals surface area contributed by atoms with Crippen LogP contribution in [0.2, 0.25) is 5.02 Å². The van der Waals surface area contributed by atoms with E-state index in [0.29, 0.717) is 5.02 Å². The monoisotopic (exact) mass is 229 g/mol. The van der Waals surface area contributed by atoms with Crippen LogP contribution in [0.25, 0.3) is 0 Å². The van der Waals surface area contributed by atoms with Crippen LogP contribution in [0, 0.1) is 0 Å². The number of thiocarbonyl (C=S) groups is 1. The highest BCUT2D eigenvalue weighted by Crippen LogP contribution is 2.07. The van der Waals surface area contributed by atoms with Crippen LogP contribution >= 0.6 is 23.8 Å². The van der Waals surface area contributed by atoms with Crippen molar-refractivity contribution in [3.63, 3.8) is 0 Å². The van der Waals surface area contributed by atoms with Gasteiger partial charge in [0.2, 0.25) is 5.11 Å². The van der Waals surface area contributed by atoms with Crippen molar-refractivity contribution in [2.45, 2.75) is 0 Å². The lowest BCUT2D eigenvalue weighted by molar-refractivity contribution is 0.233. The lowest BCUT2D eigenvalue weighted by Crippen LogP contribution is -2.28. The average Bonchev–Trinajstić information content (AvgIpc) is 2.21. The Kier molecular flexibility index (Phi) is 4.31. The zero-order valence-electron chi connectivity index (χ0n) is 7.07. The molecule has 4 nitrogen and oxygen atoms in total. The molecular formula is C8H8ClN3OS. The Morgan fingerprint density at radius 2 is 2.07 bits per heavy atom. The molecule has 6 heteroatoms. The summed E-state index contributed by atoms with van der Waals surface area (Å²) in [5.41, 5.74) is 5.03. The van der Waals surface area contributed by atoms with Crippen molar-refractivity contribution in [2.75, 3.05) is 0 Å². The van der Waals surface area contributed by atoms with E-state index in [-0.39, 0.29) is 5.11 Å². The first-order valence-corrected chi connectivity index (χ1v) is 4.49. The second-order valence-electron chi connectivity index (χ2n) is 2.36. The number of nitrogens with zero attached hydrogens (tertiary/aromatic N) is 1. The van der Waals surface area contributed by atoms with E-state index in [1.807, 2.05) is 12.1 Å². The van der Waals surface area contributed by atoms with E-state index in [4.69, 9.17) is 16.8 Å². The Balaban J connectivity index is 2.52. The van der Waals surface area contributed by atoms with Gasteiger partial charge in [0.1, 0.15) is 0 Å². The molecule has 3 N–H and O–H groups in total. The molecule has 1 aromatic rings. The van der Waals surface area contributed by atoms with Crippen molar-refractivity contribution >= 4 is 35.1 Å². The van der Waals surface area contributed by atoms with Crippen LogP contribution in [-0.2, 0) is 0 Å². The zero-order chi connectivity index (χ0) is 10.4. The summed E-state index contributed by atoms with van der Waals surface area (Å²) in [4.78, 5) is 0. The van der Waals surface area contributed by atoms with Crippen LogP contribution in [0.4, 0.5) is 0 Å². The van der Waals surface area contributed by atoms with Crippen LogP contribution < -0.4 is 10.9 Å². The summed E-state index contributed by atoms with van der Waals surface area (Å²) in [5, 5.41) is 12.8. The summed E-state index contributed by atoms with van der Waals surface area (Å²) in [5.74, 6) is 0. The Morgan fingerprint density at radius 3 is 2.64 bits per heavy atom. The number of hydrazone groups is 1. The Hall–Kier alpha value is -1.17. The number of benzene rings is 1. The Labute approximate surface area is 91.5 Å². The average molecular weight is 230 g/mol. The lowest BCUT2D eigenvalue weighted by Gasteiger charge is -1.98. The molecule has 0 aliphatic heterocycles. The summed E-state index contributed by atoms with van der Waals surface area (Å²) < 4.78 is 0. The van der Waals surface area contributed by atoms with E-state index in [1.165, 1.54) is 0 Å². The quantitative estimate of drug-likeness (QED) is 0.409. The third-order valence-electron chi connectivity index (χ3n) is 1.35. The van der Waals surface area contributed by atoms with Crippen LogP contribution in [0.5, 0.6) is 0 Å². The van der Waals surface area contributed by atoms with Crippen molar-refractivity contribution in [1.82, 2.24) is 10.9 Å². The molecule has 0 saturated heterocycles. The number of hydroxylamine groups is 1. The fourth-order valence-corrected chi connectivity index (χ4v) is 0.918. The van der Waals surface area contributed by atoms with Crippen LogP contribution in [0.15, 0.2) is 29.4 Å². The molecule has 0 amide bonds. The van der Waals surface area contributed by atoms with E-state index in [9.17, 15) is 0 Å². The summed E-state index contributed by atoms with van der Waals surface area (Å²) in [6.07, 6.45) is 1.56. The first kappa shape index (κ1) is 10.9. The van der Waals surface area contributed by atoms with Gasteiger partial charge in [-0.3, -0.25) is 10.6 Å². The van der Waals surface area contributed by atoms with Crippen LogP contribution in [0.3, 0.4) is 0 Å². The molecule has 0 atom stereocenters. The van der Waals surface area contributed by atoms with Crippen molar-refractivity contribution < 1.29 is 5.21 Å². The normalized spacial score (nSPS) is 10.1. The van der Waals surface area contributed by atoms with Crippen LogP contribution in [-0.4, -0.2) is 16.5 Å². The third kappa shape index (κ3) is 3.69. The predicted octanol–water partition coefficient (Wildman–Crippen LogP) is 1.53. The molecule has 0 bridgehead atoms. The standard InChI is InChI=1S/C8H8ClN3OS/c9-7-3-1-6(2-4-7)5-10-11-8(14)12-13/h1-5,13H,(H2,11,12,14)/b10-5+. The third-order valence-corrected chi connectivity index (χ3v) is 1.79. The minimum Gasteiger partial charge on any atom is -0.289 e. The molecule has 0 unspecified atom stereocenters. The van der Waals surface area contributed by atoms with E-state index < -0.39 is 0 Å². The maximum absolute atomic E-state index is 8.32. The maximum atomic E-state index is 8.32. The molecule has 1 rings (SSSR count). The van der Waals surface area contributed by atoms with Crippen molar-refractivity contribution in [3.05, 3.63) is 34.9 Å². The molecule has 74 valence electrons. The summed E-state index contributed by atoms with van der Waals surface area (Å²) >= 11 is 10.3. The van der Waals surface area contributed by atoms with Gasteiger partial charge in [0.15, 0.2) is 0 Å². The van der Waals surface area contributed by atoms with Crippen molar-refractivity contribution in [1.29, 1.82) is 0 Å². The van der Waals surface area contributed by atoms with Gasteiger partial charge in [-0.15, -0.1) is 0 Å². The molecule has 0 heterocycles. The summed E-state index contributed by atoms with van der Waals surface area (Å²) in [6, 6.07) is 7.13. The second-order valence-corrected chi connectivity index (χ2v) is 3.21. The van der Waals surface area contributed by atoms with Gasteiger partial charge in [-0.2, -0.15) is 5.10 Å². The van der Waals surface area contributed by atoms with E-state index in [0.717, 1.165) is 5.56 Å². The zero-order valence-corrected chi connectivity index (χ0v) is 8.64. The molecule has 0 aliphatic rings. The fourth-order valence-electron chi connectivity index (χ4n) is 0.739. The SMILES string of the molecule is ONC(=S)N/N=C/c1ccc(Cl)cc1. The first-order valence-electron chi connectivity index (χ1n) is 3.71. The molecule has 0 saturated carbocycles. The van der Waals surface area contributed by atoms with E-state index in [1.54, 1.807) is 23.8 Å². The highest BCUT2D eigenvalue weighted by Gasteiger charge is 1.89. The van der Waals surface area contributed by atoms with Gasteiger partial charge in [0, 0.05) is 5.02 Å². The Bertz CT molecular complexity index is 339. The van der Waals surface area contributed by atoms with Crippen molar-refractivity contribution in [3.8, 4) is 0 Å². The van der Waals surface area contributed by atoms with Gasteiger partial charge >= 0.3 is 0 Å². The highest BCUT2D eigenvalue weighted by atomic mass is 35.5. The van der Waals surface area contributed by atoms with Gasteiger partial charge in [0.25, 0.3) is 0 Å². The van der Waals surface area contributed by atoms with Gasteiger partial charge in [0.05, 0.1) is 6.21 Å². The van der Waals surface area contributed by atoms with Crippen molar-refractivity contribution in [2.24, 2.45) is 5.10 Å². The van der Waals surface area contributed by atoms with Gasteiger partial charge < -0.3 is 0 Å². The topological polar surface area (TPSA) is 56.6 Å². The number of hydrogen-bond donors (Lipinski definition) is 3. The highest BCUT2D eigenvalue weighted by molar-refractivity contribution is 7.80. The minimum atomic E-state index is 0.0372. The number of rotatable bonds is 2. The molecule has 1 aromatic carbocycles. The summed E-state index contributed by atoms with van der Waals surface area (Å²) in [7, 11) is 0. The lowest BCUT2D eigenvalue weighted by atomic mass is 10.2. The smallest absolute Gasteiger partial charge is 0.211 e. The number of hydrogen-bond acceptors (Lipinski definition) is 3. The molecule has 0 fully saturated rings. The van der Waals surface area contributed by atoms with Gasteiger partial charge in [-0.1, -0.05) is 23.7 Å². The van der Waals surface area contributed by atoms with Crippen LogP contribution in [0.1, 0.15) is 5.56 Å². The Morgan fingerprint density at radius 1 is 1.43 bits per heavy atom. The minimum absolute atomic E-state index is 0.0372. The largest absolute Gasteiger partial charge is 0.289 e. The molecule has 0 radical (unpaired) electrons. The predicted molar refractivity (Wildman–Crippen MR) is 59.7 cm³/mol. The molecular weight excluding hydrogens is 222 g/mol. The fraction of sp³-hybridized carbons (Fsp3) is 0. The van der Waals surface area contributed by atoms with E-state index >= 15 is 0 Å². The molecule has 0 aromatic heterocycles.